The molecule has 0 aliphatic carbocycles. The van der Waals surface area contributed by atoms with Crippen LogP contribution in [0.5, 0.6) is 17.2 Å². The molecule has 0 aromatic heterocycles. The number of unbranched alkanes of at least 4 members (excludes halogenated alkanes) is 9. The number of nitrogens with one attached hydrogen (secondary N) is 1. The largest absolute Gasteiger partial charge is 0.507 e. The normalized spacial score (nSPS) is 11.1. The van der Waals surface area contributed by atoms with Crippen molar-refractivity contribution >= 4 is 12.0 Å². The molecular formula is C21H33NO4. The number of rotatable bonds is 13. The molecule has 0 saturated carbocycles. The second-order valence-electron chi connectivity index (χ2n) is 6.71. The number of amides is 1. The van der Waals surface area contributed by atoms with E-state index in [2.05, 4.69) is 12.2 Å². The smallest absolute Gasteiger partial charge is 0.244 e. The molecule has 1 amide bonds. The molecule has 0 saturated heterocycles. The van der Waals surface area contributed by atoms with Crippen molar-refractivity contribution in [2.75, 3.05) is 6.54 Å². The fraction of sp³-hybridized carbons (Fsp3) is 0.571. The van der Waals surface area contributed by atoms with Gasteiger partial charge >= 0.3 is 0 Å². The molecule has 0 spiro atoms. The minimum atomic E-state index is -0.398. The van der Waals surface area contributed by atoms with Gasteiger partial charge in [0, 0.05) is 24.3 Å². The highest BCUT2D eigenvalue weighted by Crippen LogP contribution is 2.32. The molecule has 0 atom stereocenters. The molecule has 26 heavy (non-hydrogen) atoms. The molecule has 146 valence electrons. The van der Waals surface area contributed by atoms with Gasteiger partial charge in [-0.25, -0.2) is 0 Å². The van der Waals surface area contributed by atoms with Gasteiger partial charge in [0.05, 0.1) is 0 Å². The van der Waals surface area contributed by atoms with Gasteiger partial charge < -0.3 is 20.6 Å². The molecule has 0 aliphatic rings. The summed E-state index contributed by atoms with van der Waals surface area (Å²) in [4.78, 5) is 11.7. The minimum Gasteiger partial charge on any atom is -0.507 e. The molecule has 0 fully saturated rings. The van der Waals surface area contributed by atoms with Gasteiger partial charge in [-0.05, 0) is 18.6 Å². The van der Waals surface area contributed by atoms with Crippen molar-refractivity contribution in [3.8, 4) is 17.2 Å². The van der Waals surface area contributed by atoms with Crippen LogP contribution >= 0.6 is 0 Å². The molecule has 1 aromatic rings. The van der Waals surface area contributed by atoms with Gasteiger partial charge in [0.1, 0.15) is 5.75 Å². The molecule has 4 N–H and O–H groups in total. The number of phenolic OH excluding ortho intramolecular Hbond substituents is 3. The monoisotopic (exact) mass is 363 g/mol. The van der Waals surface area contributed by atoms with E-state index in [1.807, 2.05) is 0 Å². The third-order valence-corrected chi connectivity index (χ3v) is 4.37. The highest BCUT2D eigenvalue weighted by molar-refractivity contribution is 5.92. The summed E-state index contributed by atoms with van der Waals surface area (Å²) in [7, 11) is 0. The summed E-state index contributed by atoms with van der Waals surface area (Å²) >= 11 is 0. The Balaban J connectivity index is 2.09. The van der Waals surface area contributed by atoms with Crippen LogP contribution in [0.3, 0.4) is 0 Å². The predicted molar refractivity (Wildman–Crippen MR) is 105 cm³/mol. The lowest BCUT2D eigenvalue weighted by molar-refractivity contribution is -0.116. The van der Waals surface area contributed by atoms with E-state index < -0.39 is 5.75 Å². The van der Waals surface area contributed by atoms with Crippen LogP contribution in [0.2, 0.25) is 0 Å². The van der Waals surface area contributed by atoms with Crippen molar-refractivity contribution < 1.29 is 20.1 Å². The molecule has 0 radical (unpaired) electrons. The lowest BCUT2D eigenvalue weighted by Gasteiger charge is -2.04. The SMILES string of the molecule is CCCCCCCCCCCCNC(=O)/C=C/c1cc(O)c(O)cc1O. The summed E-state index contributed by atoms with van der Waals surface area (Å²) in [6, 6.07) is 2.24. The van der Waals surface area contributed by atoms with Crippen LogP contribution < -0.4 is 5.32 Å². The Hall–Kier alpha value is -2.17. The number of hydrogen-bond donors (Lipinski definition) is 4. The molecule has 5 heteroatoms. The highest BCUT2D eigenvalue weighted by Gasteiger charge is 2.05. The number of phenols is 3. The standard InChI is InChI=1S/C21H33NO4/c1-2-3-4-5-6-7-8-9-10-11-14-22-21(26)13-12-17-15-19(24)20(25)16-18(17)23/h12-13,15-16,23-25H,2-11,14H2,1H3,(H,22,26)/b13-12+. The van der Waals surface area contributed by atoms with Crippen molar-refractivity contribution in [1.82, 2.24) is 5.32 Å². The van der Waals surface area contributed by atoms with E-state index >= 15 is 0 Å². The lowest BCUT2D eigenvalue weighted by atomic mass is 10.1. The van der Waals surface area contributed by atoms with Gasteiger partial charge in [-0.1, -0.05) is 64.7 Å². The van der Waals surface area contributed by atoms with Gasteiger partial charge in [-0.2, -0.15) is 0 Å². The molecule has 0 bridgehead atoms. The topological polar surface area (TPSA) is 89.8 Å². The number of aromatic hydroxyl groups is 3. The fourth-order valence-corrected chi connectivity index (χ4v) is 2.76. The first-order valence-electron chi connectivity index (χ1n) is 9.75. The van der Waals surface area contributed by atoms with Crippen LogP contribution in [0.15, 0.2) is 18.2 Å². The van der Waals surface area contributed by atoms with Crippen molar-refractivity contribution in [1.29, 1.82) is 0 Å². The Morgan fingerprint density at radius 2 is 1.38 bits per heavy atom. The van der Waals surface area contributed by atoms with Crippen LogP contribution in [0.25, 0.3) is 6.08 Å². The Bertz CT molecular complexity index is 569. The van der Waals surface area contributed by atoms with E-state index in [0.717, 1.165) is 18.9 Å². The van der Waals surface area contributed by atoms with E-state index in [1.165, 1.54) is 69.6 Å². The zero-order valence-corrected chi connectivity index (χ0v) is 15.8. The Morgan fingerprint density at radius 1 is 0.846 bits per heavy atom. The molecule has 0 heterocycles. The molecule has 5 nitrogen and oxygen atoms in total. The predicted octanol–water partition coefficient (Wildman–Crippen LogP) is 4.85. The zero-order valence-electron chi connectivity index (χ0n) is 15.8. The average molecular weight is 363 g/mol. The second-order valence-corrected chi connectivity index (χ2v) is 6.71. The first kappa shape index (κ1) is 21.9. The third kappa shape index (κ3) is 9.35. The number of hydrogen-bond acceptors (Lipinski definition) is 4. The fourth-order valence-electron chi connectivity index (χ4n) is 2.76. The quantitative estimate of drug-likeness (QED) is 0.174. The molecule has 0 unspecified atom stereocenters. The summed E-state index contributed by atoms with van der Waals surface area (Å²) in [5, 5.41) is 31.1. The zero-order chi connectivity index (χ0) is 19.2. The van der Waals surface area contributed by atoms with E-state index in [4.69, 9.17) is 0 Å². The number of benzene rings is 1. The summed E-state index contributed by atoms with van der Waals surface area (Å²) in [6.07, 6.45) is 15.3. The summed E-state index contributed by atoms with van der Waals surface area (Å²) in [5.74, 6) is -1.18. The second kappa shape index (κ2) is 13.1. The van der Waals surface area contributed by atoms with Crippen molar-refractivity contribution in [2.24, 2.45) is 0 Å². The Morgan fingerprint density at radius 3 is 2.00 bits per heavy atom. The van der Waals surface area contributed by atoms with Crippen LogP contribution in [-0.4, -0.2) is 27.8 Å². The summed E-state index contributed by atoms with van der Waals surface area (Å²) in [5.41, 5.74) is 0.273. The average Bonchev–Trinajstić information content (AvgIpc) is 2.61. The number of carbonyl (C=O) groups is 1. The minimum absolute atomic E-state index is 0.195. The summed E-state index contributed by atoms with van der Waals surface area (Å²) in [6.45, 7) is 2.86. The van der Waals surface area contributed by atoms with Gasteiger partial charge in [0.25, 0.3) is 0 Å². The highest BCUT2D eigenvalue weighted by atomic mass is 16.3. The van der Waals surface area contributed by atoms with Crippen LogP contribution in [0.4, 0.5) is 0 Å². The first-order valence-corrected chi connectivity index (χ1v) is 9.75. The van der Waals surface area contributed by atoms with Crippen LogP contribution in [0, 0.1) is 0 Å². The maximum atomic E-state index is 11.7. The van der Waals surface area contributed by atoms with E-state index in [1.54, 1.807) is 0 Å². The van der Waals surface area contributed by atoms with Crippen LogP contribution in [-0.2, 0) is 4.79 Å². The third-order valence-electron chi connectivity index (χ3n) is 4.37. The Kier molecular flexibility index (Phi) is 11.0. The van der Waals surface area contributed by atoms with Gasteiger partial charge in [0.2, 0.25) is 5.91 Å². The van der Waals surface area contributed by atoms with Crippen molar-refractivity contribution in [3.63, 3.8) is 0 Å². The van der Waals surface area contributed by atoms with Crippen LogP contribution in [0.1, 0.15) is 76.7 Å². The van der Waals surface area contributed by atoms with Gasteiger partial charge in [0.15, 0.2) is 11.5 Å². The molecule has 1 aromatic carbocycles. The Labute approximate surface area is 156 Å². The molecular weight excluding hydrogens is 330 g/mol. The van der Waals surface area contributed by atoms with E-state index in [-0.39, 0.29) is 23.0 Å². The lowest BCUT2D eigenvalue weighted by Crippen LogP contribution is -2.21. The summed E-state index contributed by atoms with van der Waals surface area (Å²) < 4.78 is 0. The van der Waals surface area contributed by atoms with E-state index in [9.17, 15) is 20.1 Å². The van der Waals surface area contributed by atoms with Crippen molar-refractivity contribution in [3.05, 3.63) is 23.8 Å². The van der Waals surface area contributed by atoms with Gasteiger partial charge in [-0.3, -0.25) is 4.79 Å². The van der Waals surface area contributed by atoms with Crippen molar-refractivity contribution in [2.45, 2.75) is 71.1 Å². The maximum Gasteiger partial charge on any atom is 0.244 e. The first-order chi connectivity index (χ1) is 12.5. The van der Waals surface area contributed by atoms with Gasteiger partial charge in [-0.15, -0.1) is 0 Å². The maximum absolute atomic E-state index is 11.7. The molecule has 1 rings (SSSR count). The van der Waals surface area contributed by atoms with E-state index in [0.29, 0.717) is 6.54 Å². The number of carbonyl (C=O) groups excluding carboxylic acids is 1. The molecule has 0 aliphatic heterocycles.